The van der Waals surface area contributed by atoms with Crippen molar-refractivity contribution < 1.29 is 4.79 Å². The number of carbonyl (C=O) groups is 1. The number of likely N-dealkylation sites (N-methyl/N-ethyl adjacent to an activating group) is 1. The maximum absolute atomic E-state index is 12.2. The van der Waals surface area contributed by atoms with Crippen LogP contribution in [0.15, 0.2) is 30.3 Å². The van der Waals surface area contributed by atoms with Crippen molar-refractivity contribution in [3.05, 3.63) is 47.3 Å². The van der Waals surface area contributed by atoms with Crippen molar-refractivity contribution in [2.24, 2.45) is 0 Å². The van der Waals surface area contributed by atoms with Crippen LogP contribution in [0.25, 0.3) is 5.69 Å². The smallest absolute Gasteiger partial charge is 0.224 e. The van der Waals surface area contributed by atoms with Gasteiger partial charge in [0.1, 0.15) is 0 Å². The van der Waals surface area contributed by atoms with Crippen molar-refractivity contribution in [3.8, 4) is 5.69 Å². The Labute approximate surface area is 138 Å². The van der Waals surface area contributed by atoms with Gasteiger partial charge in [0.2, 0.25) is 5.91 Å². The van der Waals surface area contributed by atoms with Crippen LogP contribution in [0.3, 0.4) is 0 Å². The zero-order valence-corrected chi connectivity index (χ0v) is 14.4. The predicted octanol–water partition coefficient (Wildman–Crippen LogP) is 2.15. The number of hydrogen-bond donors (Lipinski definition) is 2. The van der Waals surface area contributed by atoms with Crippen LogP contribution < -0.4 is 10.6 Å². The number of rotatable bonds is 7. The highest BCUT2D eigenvalue weighted by Gasteiger charge is 2.16. The Kier molecular flexibility index (Phi) is 5.93. The van der Waals surface area contributed by atoms with Crippen LogP contribution in [-0.4, -0.2) is 34.8 Å². The van der Waals surface area contributed by atoms with Crippen molar-refractivity contribution >= 4 is 5.91 Å². The van der Waals surface area contributed by atoms with Gasteiger partial charge in [-0.25, -0.2) is 4.68 Å². The lowest BCUT2D eigenvalue weighted by molar-refractivity contribution is -0.120. The second kappa shape index (κ2) is 7.92. The summed E-state index contributed by atoms with van der Waals surface area (Å²) in [6.07, 6.45) is 0.364. The molecule has 0 aliphatic heterocycles. The average molecular weight is 314 g/mol. The molecule has 0 aliphatic rings. The van der Waals surface area contributed by atoms with Gasteiger partial charge in [0.25, 0.3) is 0 Å². The summed E-state index contributed by atoms with van der Waals surface area (Å²) in [5.74, 6) is 0.0357. The molecule has 5 nitrogen and oxygen atoms in total. The lowest BCUT2D eigenvalue weighted by Gasteiger charge is -2.13. The number of para-hydroxylation sites is 1. The van der Waals surface area contributed by atoms with Crippen LogP contribution in [0, 0.1) is 13.8 Å². The summed E-state index contributed by atoms with van der Waals surface area (Å²) in [4.78, 5) is 12.2. The summed E-state index contributed by atoms with van der Waals surface area (Å²) in [5.41, 5.74) is 3.94. The molecule has 0 saturated carbocycles. The Balaban J connectivity index is 2.06. The van der Waals surface area contributed by atoms with Gasteiger partial charge in [-0.3, -0.25) is 4.79 Å². The van der Waals surface area contributed by atoms with E-state index in [1.807, 2.05) is 48.9 Å². The summed E-state index contributed by atoms with van der Waals surface area (Å²) >= 11 is 0. The minimum absolute atomic E-state index is 0.0357. The van der Waals surface area contributed by atoms with E-state index in [9.17, 15) is 4.79 Å². The second-order valence-corrected chi connectivity index (χ2v) is 5.84. The van der Waals surface area contributed by atoms with Crippen LogP contribution in [0.2, 0.25) is 0 Å². The van der Waals surface area contributed by atoms with E-state index in [1.165, 1.54) is 0 Å². The number of aromatic nitrogens is 2. The quantitative estimate of drug-likeness (QED) is 0.823. The molecular formula is C18H26N4O. The third-order valence-electron chi connectivity index (χ3n) is 3.94. The Bertz CT molecular complexity index is 649. The van der Waals surface area contributed by atoms with Crippen LogP contribution >= 0.6 is 0 Å². The first kappa shape index (κ1) is 17.2. The Morgan fingerprint density at radius 1 is 1.26 bits per heavy atom. The normalized spacial score (nSPS) is 12.2. The summed E-state index contributed by atoms with van der Waals surface area (Å²) in [6.45, 7) is 9.63. The SMILES string of the molecule is CCN[C@H](C)CNC(=O)Cc1c(C)nn(-c2ccccc2)c1C. The fraction of sp³-hybridized carbons (Fsp3) is 0.444. The first-order chi connectivity index (χ1) is 11.0. The molecule has 0 radical (unpaired) electrons. The van der Waals surface area contributed by atoms with Gasteiger partial charge in [0.15, 0.2) is 0 Å². The number of nitrogens with one attached hydrogen (secondary N) is 2. The number of hydrogen-bond acceptors (Lipinski definition) is 3. The molecule has 0 saturated heterocycles. The molecule has 0 unspecified atom stereocenters. The fourth-order valence-corrected chi connectivity index (χ4v) is 2.66. The number of nitrogens with zero attached hydrogens (tertiary/aromatic N) is 2. The van der Waals surface area contributed by atoms with E-state index in [0.29, 0.717) is 13.0 Å². The molecule has 1 aromatic heterocycles. The third kappa shape index (κ3) is 4.42. The van der Waals surface area contributed by atoms with Gasteiger partial charge in [-0.15, -0.1) is 0 Å². The lowest BCUT2D eigenvalue weighted by Crippen LogP contribution is -2.39. The molecular weight excluding hydrogens is 288 g/mol. The Morgan fingerprint density at radius 3 is 2.61 bits per heavy atom. The predicted molar refractivity (Wildman–Crippen MR) is 92.9 cm³/mol. The number of carbonyl (C=O) groups excluding carboxylic acids is 1. The van der Waals surface area contributed by atoms with Gasteiger partial charge in [0, 0.05) is 23.8 Å². The van der Waals surface area contributed by atoms with Gasteiger partial charge in [-0.05, 0) is 39.4 Å². The second-order valence-electron chi connectivity index (χ2n) is 5.84. The number of aryl methyl sites for hydroxylation is 1. The highest BCUT2D eigenvalue weighted by atomic mass is 16.1. The van der Waals surface area contributed by atoms with Gasteiger partial charge in [-0.2, -0.15) is 5.10 Å². The zero-order valence-electron chi connectivity index (χ0n) is 14.4. The monoisotopic (exact) mass is 314 g/mol. The molecule has 0 fully saturated rings. The van der Waals surface area contributed by atoms with Crippen molar-refractivity contribution in [3.63, 3.8) is 0 Å². The van der Waals surface area contributed by atoms with Gasteiger partial charge < -0.3 is 10.6 Å². The average Bonchev–Trinajstić information content (AvgIpc) is 2.82. The maximum atomic E-state index is 12.2. The van der Waals surface area contributed by atoms with Crippen LogP contribution in [0.5, 0.6) is 0 Å². The molecule has 1 aromatic carbocycles. The van der Waals surface area contributed by atoms with Crippen molar-refractivity contribution in [2.45, 2.75) is 40.2 Å². The van der Waals surface area contributed by atoms with Crippen LogP contribution in [-0.2, 0) is 11.2 Å². The van der Waals surface area contributed by atoms with E-state index in [4.69, 9.17) is 0 Å². The first-order valence-electron chi connectivity index (χ1n) is 8.13. The van der Waals surface area contributed by atoms with E-state index in [1.54, 1.807) is 0 Å². The van der Waals surface area contributed by atoms with Gasteiger partial charge >= 0.3 is 0 Å². The molecule has 124 valence electrons. The van der Waals surface area contributed by atoms with E-state index < -0.39 is 0 Å². The molecule has 0 aliphatic carbocycles. The van der Waals surface area contributed by atoms with Crippen molar-refractivity contribution in [1.82, 2.24) is 20.4 Å². The fourth-order valence-electron chi connectivity index (χ4n) is 2.66. The van der Waals surface area contributed by atoms with Crippen molar-refractivity contribution in [1.29, 1.82) is 0 Å². The molecule has 5 heteroatoms. The molecule has 2 aromatic rings. The van der Waals surface area contributed by atoms with Crippen LogP contribution in [0.1, 0.15) is 30.8 Å². The van der Waals surface area contributed by atoms with E-state index in [0.717, 1.165) is 29.2 Å². The van der Waals surface area contributed by atoms with E-state index >= 15 is 0 Å². The standard InChI is InChI=1S/C18H26N4O/c1-5-19-13(2)12-20-18(23)11-17-14(3)21-22(15(17)4)16-9-7-6-8-10-16/h6-10,13,19H,5,11-12H2,1-4H3,(H,20,23)/t13-/m1/s1. The third-order valence-corrected chi connectivity index (χ3v) is 3.94. The first-order valence-corrected chi connectivity index (χ1v) is 8.13. The minimum atomic E-state index is 0.0357. The number of benzene rings is 1. The molecule has 1 atom stereocenters. The van der Waals surface area contributed by atoms with Crippen molar-refractivity contribution in [2.75, 3.05) is 13.1 Å². The number of amides is 1. The molecule has 2 rings (SSSR count). The maximum Gasteiger partial charge on any atom is 0.224 e. The minimum Gasteiger partial charge on any atom is -0.354 e. The molecule has 2 N–H and O–H groups in total. The van der Waals surface area contributed by atoms with Crippen LogP contribution in [0.4, 0.5) is 0 Å². The zero-order chi connectivity index (χ0) is 16.8. The molecule has 23 heavy (non-hydrogen) atoms. The lowest BCUT2D eigenvalue weighted by atomic mass is 10.1. The topological polar surface area (TPSA) is 58.9 Å². The Hall–Kier alpha value is -2.14. The molecule has 0 bridgehead atoms. The molecule has 1 amide bonds. The molecule has 0 spiro atoms. The Morgan fingerprint density at radius 2 is 1.96 bits per heavy atom. The van der Waals surface area contributed by atoms with Gasteiger partial charge in [0.05, 0.1) is 17.8 Å². The highest BCUT2D eigenvalue weighted by Crippen LogP contribution is 2.18. The largest absolute Gasteiger partial charge is 0.354 e. The van der Waals surface area contributed by atoms with E-state index in [-0.39, 0.29) is 11.9 Å². The summed E-state index contributed by atoms with van der Waals surface area (Å²) in [7, 11) is 0. The summed E-state index contributed by atoms with van der Waals surface area (Å²) in [6, 6.07) is 10.3. The highest BCUT2D eigenvalue weighted by molar-refractivity contribution is 5.79. The summed E-state index contributed by atoms with van der Waals surface area (Å²) < 4.78 is 1.90. The van der Waals surface area contributed by atoms with E-state index in [2.05, 4.69) is 29.6 Å². The molecule has 1 heterocycles. The van der Waals surface area contributed by atoms with Gasteiger partial charge in [-0.1, -0.05) is 25.1 Å². The summed E-state index contributed by atoms with van der Waals surface area (Å²) in [5, 5.41) is 10.8.